The number of fused-ring (bicyclic) bond motifs is 1. The summed E-state index contributed by atoms with van der Waals surface area (Å²) in [6, 6.07) is 9.30. The van der Waals surface area contributed by atoms with Crippen LogP contribution in [0.15, 0.2) is 42.6 Å². The number of aromatic nitrogens is 2. The fraction of sp³-hybridized carbons (Fsp3) is 0.304. The topological polar surface area (TPSA) is 82.5 Å². The summed E-state index contributed by atoms with van der Waals surface area (Å²) in [5.41, 5.74) is 2.49. The van der Waals surface area contributed by atoms with Crippen LogP contribution >= 0.6 is 0 Å². The minimum absolute atomic E-state index is 0.150. The average molecular weight is 439 g/mol. The Hall–Kier alpha value is -3.14. The molecule has 1 aromatic carbocycles. The highest BCUT2D eigenvalue weighted by Gasteiger charge is 2.27. The van der Waals surface area contributed by atoms with Crippen molar-refractivity contribution in [3.05, 3.63) is 65.5 Å². The van der Waals surface area contributed by atoms with Gasteiger partial charge in [0.05, 0.1) is 47.7 Å². The number of morpholine rings is 1. The molecule has 7 nitrogen and oxygen atoms in total. The maximum atomic E-state index is 14.4. The molecule has 2 aromatic heterocycles. The zero-order valence-electron chi connectivity index (χ0n) is 17.5. The third-order valence-corrected chi connectivity index (χ3v) is 5.80. The van der Waals surface area contributed by atoms with Crippen LogP contribution in [0.5, 0.6) is 0 Å². The molecule has 2 atom stereocenters. The largest absolute Gasteiger partial charge is 0.377 e. The molecule has 0 spiro atoms. The van der Waals surface area contributed by atoms with E-state index < -0.39 is 17.9 Å². The van der Waals surface area contributed by atoms with Gasteiger partial charge in [0.2, 0.25) is 0 Å². The van der Waals surface area contributed by atoms with Gasteiger partial charge in [0.15, 0.2) is 0 Å². The van der Waals surface area contributed by atoms with Crippen molar-refractivity contribution in [2.24, 2.45) is 0 Å². The molecule has 3 N–H and O–H groups in total. The maximum Gasteiger partial charge on any atom is 0.135 e. The Kier molecular flexibility index (Phi) is 5.46. The van der Waals surface area contributed by atoms with E-state index in [1.165, 1.54) is 24.3 Å². The molecule has 0 amide bonds. The molecule has 32 heavy (non-hydrogen) atoms. The number of aliphatic hydroxyl groups excluding tert-OH is 1. The Bertz CT molecular complexity index is 1120. The Balaban J connectivity index is 1.49. The van der Waals surface area contributed by atoms with E-state index in [0.29, 0.717) is 36.0 Å². The number of halogens is 2. The Labute approximate surface area is 184 Å². The lowest BCUT2D eigenvalue weighted by atomic mass is 10.1. The van der Waals surface area contributed by atoms with Crippen LogP contribution < -0.4 is 15.5 Å². The first-order valence-electron chi connectivity index (χ1n) is 10.5. The molecule has 0 aliphatic carbocycles. The lowest BCUT2D eigenvalue weighted by Crippen LogP contribution is -2.43. The van der Waals surface area contributed by atoms with Gasteiger partial charge < -0.3 is 20.1 Å². The highest BCUT2D eigenvalue weighted by atomic mass is 19.1. The number of nitrogens with one attached hydrogen (secondary N) is 2. The van der Waals surface area contributed by atoms with Crippen molar-refractivity contribution < 1.29 is 18.6 Å². The summed E-state index contributed by atoms with van der Waals surface area (Å²) in [5.74, 6) is -0.851. The van der Waals surface area contributed by atoms with E-state index in [1.807, 2.05) is 12.1 Å². The summed E-state index contributed by atoms with van der Waals surface area (Å²) in [7, 11) is 0. The fourth-order valence-corrected chi connectivity index (χ4v) is 4.20. The highest BCUT2D eigenvalue weighted by molar-refractivity contribution is 5.72. The highest BCUT2D eigenvalue weighted by Crippen LogP contribution is 2.36. The van der Waals surface area contributed by atoms with Crippen LogP contribution in [0.2, 0.25) is 0 Å². The molecule has 2 aliphatic heterocycles. The quantitative estimate of drug-likeness (QED) is 0.574. The molecular formula is C23H23F2N5O2. The summed E-state index contributed by atoms with van der Waals surface area (Å²) in [6.07, 6.45) is 0.838. The molecule has 9 heteroatoms. The molecule has 0 bridgehead atoms. The minimum atomic E-state index is -0.937. The molecule has 1 fully saturated rings. The van der Waals surface area contributed by atoms with Gasteiger partial charge in [-0.1, -0.05) is 6.07 Å². The van der Waals surface area contributed by atoms with E-state index in [2.05, 4.69) is 32.4 Å². The van der Waals surface area contributed by atoms with E-state index in [4.69, 9.17) is 4.74 Å². The van der Waals surface area contributed by atoms with Gasteiger partial charge in [0, 0.05) is 24.7 Å². The first kappa shape index (κ1) is 20.7. The smallest absolute Gasteiger partial charge is 0.135 e. The molecule has 0 saturated carbocycles. The summed E-state index contributed by atoms with van der Waals surface area (Å²) < 4.78 is 34.3. The summed E-state index contributed by atoms with van der Waals surface area (Å²) in [4.78, 5) is 11.1. The zero-order valence-corrected chi connectivity index (χ0v) is 17.5. The van der Waals surface area contributed by atoms with Gasteiger partial charge in [-0.3, -0.25) is 10.3 Å². The van der Waals surface area contributed by atoms with E-state index in [-0.39, 0.29) is 23.8 Å². The van der Waals surface area contributed by atoms with Crippen LogP contribution in [0.4, 0.5) is 26.0 Å². The van der Waals surface area contributed by atoms with E-state index in [0.717, 1.165) is 12.2 Å². The molecule has 4 heterocycles. The summed E-state index contributed by atoms with van der Waals surface area (Å²) in [6.45, 7) is 4.53. The number of hydrogen-bond donors (Lipinski definition) is 3. The number of benzene rings is 1. The molecular weight excluding hydrogens is 416 g/mol. The van der Waals surface area contributed by atoms with E-state index in [9.17, 15) is 13.9 Å². The number of aliphatic hydroxyl groups is 1. The minimum Gasteiger partial charge on any atom is -0.377 e. The van der Waals surface area contributed by atoms with Crippen molar-refractivity contribution >= 4 is 17.2 Å². The lowest BCUT2D eigenvalue weighted by Gasteiger charge is -2.35. The average Bonchev–Trinajstić information content (AvgIpc) is 3.16. The van der Waals surface area contributed by atoms with Gasteiger partial charge in [-0.25, -0.2) is 13.8 Å². The van der Waals surface area contributed by atoms with Crippen LogP contribution in [0, 0.1) is 11.6 Å². The zero-order chi connectivity index (χ0) is 22.2. The number of hydrogen-bond acceptors (Lipinski definition) is 7. The second kappa shape index (κ2) is 8.42. The molecule has 1 saturated heterocycles. The van der Waals surface area contributed by atoms with Crippen molar-refractivity contribution in [3.63, 3.8) is 0 Å². The predicted molar refractivity (Wildman–Crippen MR) is 117 cm³/mol. The van der Waals surface area contributed by atoms with E-state index >= 15 is 0 Å². The normalized spacial score (nSPS) is 20.3. The van der Waals surface area contributed by atoms with Crippen molar-refractivity contribution in [1.29, 1.82) is 0 Å². The number of ether oxygens (including phenoxy) is 1. The first-order valence-corrected chi connectivity index (χ1v) is 10.5. The van der Waals surface area contributed by atoms with Gasteiger partial charge in [0.25, 0.3) is 0 Å². The molecule has 166 valence electrons. The van der Waals surface area contributed by atoms with Crippen LogP contribution in [-0.2, 0) is 11.3 Å². The number of anilines is 3. The van der Waals surface area contributed by atoms with Crippen molar-refractivity contribution in [1.82, 2.24) is 15.3 Å². The van der Waals surface area contributed by atoms with Gasteiger partial charge in [-0.2, -0.15) is 0 Å². The van der Waals surface area contributed by atoms with Crippen LogP contribution in [-0.4, -0.2) is 40.9 Å². The second-order valence-corrected chi connectivity index (χ2v) is 7.94. The van der Waals surface area contributed by atoms with Gasteiger partial charge in [-0.05, 0) is 37.3 Å². The van der Waals surface area contributed by atoms with E-state index in [1.54, 1.807) is 6.20 Å². The fourth-order valence-electron chi connectivity index (χ4n) is 4.20. The number of rotatable bonds is 4. The van der Waals surface area contributed by atoms with Gasteiger partial charge >= 0.3 is 0 Å². The Morgan fingerprint density at radius 2 is 2.03 bits per heavy atom. The van der Waals surface area contributed by atoms with Crippen LogP contribution in [0.25, 0.3) is 11.3 Å². The third kappa shape index (κ3) is 3.79. The van der Waals surface area contributed by atoms with Crippen molar-refractivity contribution in [3.8, 4) is 11.3 Å². The molecule has 2 aliphatic rings. The standard InChI is InChI=1S/C23H23F2N5O2/c1-13-12-32-8-7-30(13)14-5-6-20(26-10-14)29-18-9-17(21-15(24)3-2-4-16(21)25)28-19-11-27-23(31)22(18)19/h2-6,9-10,13,23,27,31H,7-8,11-12H2,1H3,(H,26,28,29). The third-order valence-electron chi connectivity index (χ3n) is 5.80. The van der Waals surface area contributed by atoms with Gasteiger partial charge in [-0.15, -0.1) is 0 Å². The molecule has 5 rings (SSSR count). The number of nitrogens with zero attached hydrogens (tertiary/aromatic N) is 3. The summed E-state index contributed by atoms with van der Waals surface area (Å²) >= 11 is 0. The molecule has 2 unspecified atom stereocenters. The first-order chi connectivity index (χ1) is 15.5. The number of pyridine rings is 2. The summed E-state index contributed by atoms with van der Waals surface area (Å²) in [5, 5.41) is 16.5. The Morgan fingerprint density at radius 1 is 1.22 bits per heavy atom. The van der Waals surface area contributed by atoms with Crippen molar-refractivity contribution in [2.75, 3.05) is 30.0 Å². The predicted octanol–water partition coefficient (Wildman–Crippen LogP) is 3.48. The monoisotopic (exact) mass is 439 g/mol. The Morgan fingerprint density at radius 3 is 2.75 bits per heavy atom. The molecule has 3 aromatic rings. The van der Waals surface area contributed by atoms with Crippen LogP contribution in [0.3, 0.4) is 0 Å². The van der Waals surface area contributed by atoms with Gasteiger partial charge in [0.1, 0.15) is 23.7 Å². The SMILES string of the molecule is CC1COCCN1c1ccc(Nc2cc(-c3c(F)cccc3F)nc3c2C(O)NC3)nc1. The molecule has 0 radical (unpaired) electrons. The second-order valence-electron chi connectivity index (χ2n) is 7.94. The van der Waals surface area contributed by atoms with Crippen molar-refractivity contribution in [2.45, 2.75) is 25.7 Å². The maximum absolute atomic E-state index is 14.4. The lowest BCUT2D eigenvalue weighted by molar-refractivity contribution is 0.0989. The van der Waals surface area contributed by atoms with Crippen LogP contribution in [0.1, 0.15) is 24.4 Å².